The lowest BCUT2D eigenvalue weighted by molar-refractivity contribution is -0.121. The van der Waals surface area contributed by atoms with Crippen molar-refractivity contribution in [1.29, 1.82) is 0 Å². The molecule has 0 saturated carbocycles. The van der Waals surface area contributed by atoms with E-state index in [0.717, 1.165) is 12.1 Å². The SMILES string of the molecule is CC1Cc2ccccc2N1C(=O)CN(C)C(C)(C)CO. The summed E-state index contributed by atoms with van der Waals surface area (Å²) in [6.45, 7) is 6.29. The van der Waals surface area contributed by atoms with Gasteiger partial charge in [0.1, 0.15) is 0 Å². The maximum Gasteiger partial charge on any atom is 0.241 e. The van der Waals surface area contributed by atoms with Gasteiger partial charge in [-0.3, -0.25) is 9.69 Å². The molecule has 1 N–H and O–H groups in total. The third-order valence-corrected chi connectivity index (χ3v) is 4.27. The van der Waals surface area contributed by atoms with Crippen LogP contribution in [-0.4, -0.2) is 47.7 Å². The van der Waals surface area contributed by atoms with Crippen molar-refractivity contribution in [2.24, 2.45) is 0 Å². The van der Waals surface area contributed by atoms with Gasteiger partial charge in [-0.05, 0) is 45.9 Å². The number of benzene rings is 1. The molecule has 110 valence electrons. The number of hydrogen-bond donors (Lipinski definition) is 1. The minimum atomic E-state index is -0.391. The molecule has 4 heteroatoms. The average Bonchev–Trinajstić information content (AvgIpc) is 2.74. The van der Waals surface area contributed by atoms with E-state index in [1.165, 1.54) is 5.56 Å². The van der Waals surface area contributed by atoms with E-state index in [0.29, 0.717) is 6.54 Å². The Hall–Kier alpha value is -1.39. The van der Waals surface area contributed by atoms with Gasteiger partial charge in [0.05, 0.1) is 13.2 Å². The first-order chi connectivity index (χ1) is 9.36. The molecule has 1 aliphatic heterocycles. The molecule has 4 nitrogen and oxygen atoms in total. The normalized spacial score (nSPS) is 18.5. The number of aliphatic hydroxyl groups excluding tert-OH is 1. The fourth-order valence-corrected chi connectivity index (χ4v) is 2.56. The summed E-state index contributed by atoms with van der Waals surface area (Å²) in [7, 11) is 1.88. The van der Waals surface area contributed by atoms with Gasteiger partial charge < -0.3 is 10.0 Å². The summed E-state index contributed by atoms with van der Waals surface area (Å²) in [5, 5.41) is 9.39. The van der Waals surface area contributed by atoms with E-state index in [1.807, 2.05) is 48.9 Å². The number of hydrogen-bond acceptors (Lipinski definition) is 3. The molecule has 20 heavy (non-hydrogen) atoms. The number of para-hydroxylation sites is 1. The molecule has 1 unspecified atom stereocenters. The number of likely N-dealkylation sites (N-methyl/N-ethyl adjacent to an activating group) is 1. The highest BCUT2D eigenvalue weighted by molar-refractivity contribution is 5.97. The second-order valence-corrected chi connectivity index (χ2v) is 6.27. The van der Waals surface area contributed by atoms with Gasteiger partial charge >= 0.3 is 0 Å². The topological polar surface area (TPSA) is 43.8 Å². The Morgan fingerprint density at radius 2 is 2.10 bits per heavy atom. The van der Waals surface area contributed by atoms with E-state index in [1.54, 1.807) is 0 Å². The number of nitrogens with zero attached hydrogens (tertiary/aromatic N) is 2. The number of amides is 1. The standard InChI is InChI=1S/C16H24N2O2/c1-12-9-13-7-5-6-8-14(13)18(12)15(20)10-17(4)16(2,3)11-19/h5-8,12,19H,9-11H2,1-4H3. The maximum atomic E-state index is 12.6. The monoisotopic (exact) mass is 276 g/mol. The predicted molar refractivity (Wildman–Crippen MR) is 80.9 cm³/mol. The molecule has 1 aromatic rings. The zero-order valence-corrected chi connectivity index (χ0v) is 12.8. The number of fused-ring (bicyclic) bond motifs is 1. The molecule has 1 heterocycles. The second-order valence-electron chi connectivity index (χ2n) is 6.27. The van der Waals surface area contributed by atoms with E-state index in [2.05, 4.69) is 13.0 Å². The second kappa shape index (κ2) is 5.54. The molecule has 0 spiro atoms. The molecule has 0 fully saturated rings. The Balaban J connectivity index is 2.14. The van der Waals surface area contributed by atoms with Crippen molar-refractivity contribution >= 4 is 11.6 Å². The summed E-state index contributed by atoms with van der Waals surface area (Å²) in [6.07, 6.45) is 0.912. The fraction of sp³-hybridized carbons (Fsp3) is 0.562. The highest BCUT2D eigenvalue weighted by atomic mass is 16.3. The zero-order valence-electron chi connectivity index (χ0n) is 12.8. The third-order valence-electron chi connectivity index (χ3n) is 4.27. The van der Waals surface area contributed by atoms with Crippen molar-refractivity contribution < 1.29 is 9.90 Å². The number of rotatable bonds is 4. The van der Waals surface area contributed by atoms with Crippen LogP contribution in [0.4, 0.5) is 5.69 Å². The van der Waals surface area contributed by atoms with Gasteiger partial charge in [-0.1, -0.05) is 18.2 Å². The van der Waals surface area contributed by atoms with Gasteiger partial charge in [-0.15, -0.1) is 0 Å². The van der Waals surface area contributed by atoms with E-state index < -0.39 is 5.54 Å². The molecule has 1 amide bonds. The molecule has 0 bridgehead atoms. The van der Waals surface area contributed by atoms with Crippen LogP contribution in [-0.2, 0) is 11.2 Å². The van der Waals surface area contributed by atoms with Crippen LogP contribution in [0.2, 0.25) is 0 Å². The third kappa shape index (κ3) is 2.72. The summed E-state index contributed by atoms with van der Waals surface area (Å²) in [4.78, 5) is 16.4. The molecular weight excluding hydrogens is 252 g/mol. The average molecular weight is 276 g/mol. The first-order valence-electron chi connectivity index (χ1n) is 7.09. The molecule has 1 atom stereocenters. The summed E-state index contributed by atoms with van der Waals surface area (Å²) in [5.74, 6) is 0.0893. The number of carbonyl (C=O) groups is 1. The van der Waals surface area contributed by atoms with Crippen molar-refractivity contribution in [2.75, 3.05) is 25.1 Å². The fourth-order valence-electron chi connectivity index (χ4n) is 2.56. The number of carbonyl (C=O) groups excluding carboxylic acids is 1. The lowest BCUT2D eigenvalue weighted by Crippen LogP contribution is -2.50. The summed E-state index contributed by atoms with van der Waals surface area (Å²) >= 11 is 0. The van der Waals surface area contributed by atoms with Gasteiger partial charge in [0.15, 0.2) is 0 Å². The molecule has 1 aliphatic rings. The Bertz CT molecular complexity index is 499. The minimum Gasteiger partial charge on any atom is -0.394 e. The first kappa shape index (κ1) is 15.0. The van der Waals surface area contributed by atoms with E-state index in [4.69, 9.17) is 0 Å². The van der Waals surface area contributed by atoms with Crippen molar-refractivity contribution in [3.05, 3.63) is 29.8 Å². The van der Waals surface area contributed by atoms with Crippen molar-refractivity contribution in [2.45, 2.75) is 38.8 Å². The smallest absolute Gasteiger partial charge is 0.241 e. The van der Waals surface area contributed by atoms with E-state index in [9.17, 15) is 9.90 Å². The van der Waals surface area contributed by atoms with E-state index >= 15 is 0 Å². The van der Waals surface area contributed by atoms with Crippen molar-refractivity contribution in [3.63, 3.8) is 0 Å². The highest BCUT2D eigenvalue weighted by Gasteiger charge is 2.33. The van der Waals surface area contributed by atoms with Crippen LogP contribution in [0.5, 0.6) is 0 Å². The quantitative estimate of drug-likeness (QED) is 0.909. The van der Waals surface area contributed by atoms with Crippen molar-refractivity contribution in [3.8, 4) is 0 Å². The Kier molecular flexibility index (Phi) is 4.16. The Morgan fingerprint density at radius 3 is 2.75 bits per heavy atom. The van der Waals surface area contributed by atoms with Crippen LogP contribution in [0.15, 0.2) is 24.3 Å². The highest BCUT2D eigenvalue weighted by Crippen LogP contribution is 2.32. The van der Waals surface area contributed by atoms with Gasteiger partial charge in [-0.25, -0.2) is 0 Å². The minimum absolute atomic E-state index is 0.0307. The lowest BCUT2D eigenvalue weighted by Gasteiger charge is -2.35. The number of aliphatic hydroxyl groups is 1. The van der Waals surface area contributed by atoms with Gasteiger partial charge in [0, 0.05) is 17.3 Å². The summed E-state index contributed by atoms with van der Waals surface area (Å²) in [5.41, 5.74) is 1.87. The maximum absolute atomic E-state index is 12.6. The van der Waals surface area contributed by atoms with Gasteiger partial charge in [-0.2, -0.15) is 0 Å². The molecule has 0 radical (unpaired) electrons. The molecule has 1 aromatic carbocycles. The van der Waals surface area contributed by atoms with Gasteiger partial charge in [0.2, 0.25) is 5.91 Å². The van der Waals surface area contributed by atoms with Crippen LogP contribution < -0.4 is 4.90 Å². The molecule has 0 aliphatic carbocycles. The van der Waals surface area contributed by atoms with Crippen LogP contribution >= 0.6 is 0 Å². The van der Waals surface area contributed by atoms with Crippen LogP contribution in [0.3, 0.4) is 0 Å². The zero-order chi connectivity index (χ0) is 14.9. The lowest BCUT2D eigenvalue weighted by atomic mass is 10.1. The Morgan fingerprint density at radius 1 is 1.45 bits per heavy atom. The van der Waals surface area contributed by atoms with E-state index in [-0.39, 0.29) is 18.6 Å². The van der Waals surface area contributed by atoms with Crippen LogP contribution in [0.25, 0.3) is 0 Å². The Labute approximate surface area is 121 Å². The first-order valence-corrected chi connectivity index (χ1v) is 7.09. The molecule has 2 rings (SSSR count). The molecule has 0 saturated heterocycles. The molecule has 0 aromatic heterocycles. The number of anilines is 1. The van der Waals surface area contributed by atoms with Crippen LogP contribution in [0.1, 0.15) is 26.3 Å². The van der Waals surface area contributed by atoms with Crippen LogP contribution in [0, 0.1) is 0 Å². The predicted octanol–water partition coefficient (Wildman–Crippen LogP) is 1.67. The summed E-state index contributed by atoms with van der Waals surface area (Å²) in [6, 6.07) is 8.28. The van der Waals surface area contributed by atoms with Gasteiger partial charge in [0.25, 0.3) is 0 Å². The largest absolute Gasteiger partial charge is 0.394 e. The van der Waals surface area contributed by atoms with Crippen molar-refractivity contribution in [1.82, 2.24) is 4.90 Å². The molecular formula is C16H24N2O2. The summed E-state index contributed by atoms with van der Waals surface area (Å²) < 4.78 is 0.